The molecule has 0 saturated heterocycles. The number of thiophene rings is 2. The summed E-state index contributed by atoms with van der Waals surface area (Å²) in [5, 5.41) is 5.19. The van der Waals surface area contributed by atoms with Gasteiger partial charge >= 0.3 is 24.1 Å². The fourth-order valence-electron chi connectivity index (χ4n) is 5.62. The van der Waals surface area contributed by atoms with Crippen LogP contribution in [0.1, 0.15) is 52.7 Å². The quantitative estimate of drug-likeness (QED) is 0.0946. The molecular weight excluding hydrogens is 761 g/mol. The number of methoxy groups -OCH3 is 2. The van der Waals surface area contributed by atoms with Gasteiger partial charge in [-0.15, -0.1) is 22.7 Å². The summed E-state index contributed by atoms with van der Waals surface area (Å²) in [7, 11) is 2.53. The Morgan fingerprint density at radius 1 is 0.607 bits per heavy atom. The van der Waals surface area contributed by atoms with Crippen molar-refractivity contribution < 1.29 is 47.0 Å². The Balaban J connectivity index is 1.14. The van der Waals surface area contributed by atoms with Crippen LogP contribution < -0.4 is 10.6 Å². The maximum absolute atomic E-state index is 12.5. The van der Waals surface area contributed by atoms with Gasteiger partial charge in [0.15, 0.2) is 11.2 Å². The van der Waals surface area contributed by atoms with Gasteiger partial charge in [0.1, 0.15) is 34.3 Å². The third-order valence-corrected chi connectivity index (χ3v) is 10.4. The largest absolute Gasteiger partial charge is 0.467 e. The van der Waals surface area contributed by atoms with Crippen molar-refractivity contribution in [2.24, 2.45) is 0 Å². The highest BCUT2D eigenvalue weighted by Gasteiger charge is 2.27. The van der Waals surface area contributed by atoms with E-state index >= 15 is 0 Å². The molecule has 16 heteroatoms. The SMILES string of the molecule is COC(=O)[C@H](Cc1ccc2oc(-c3ccc(-c4ccc(-c5nc6cc(C[C@H](NC(=O)OC(C)(C)C)C(=O)OC)ccc6o5)s4)s3)nc2c1)NC(=O)OC(C)(C)C. The number of hydrogen-bond donors (Lipinski definition) is 2. The van der Waals surface area contributed by atoms with Gasteiger partial charge in [-0.1, -0.05) is 12.1 Å². The number of aromatic nitrogens is 2. The summed E-state index contributed by atoms with van der Waals surface area (Å²) in [4.78, 5) is 62.8. The van der Waals surface area contributed by atoms with Gasteiger partial charge in [-0.3, -0.25) is 0 Å². The van der Waals surface area contributed by atoms with Crippen LogP contribution in [0.25, 0.3) is 53.5 Å². The lowest BCUT2D eigenvalue weighted by atomic mass is 10.1. The maximum atomic E-state index is 12.5. The Bertz CT molecular complexity index is 2230. The average Bonchev–Trinajstić information content (AvgIpc) is 3.93. The second kappa shape index (κ2) is 16.2. The number of fused-ring (bicyclic) bond motifs is 2. The first kappa shape index (κ1) is 39.9. The molecule has 0 unspecified atom stereocenters. The van der Waals surface area contributed by atoms with Crippen molar-refractivity contribution in [2.75, 3.05) is 14.2 Å². The van der Waals surface area contributed by atoms with Crippen LogP contribution >= 0.6 is 22.7 Å². The standard InChI is InChI=1S/C40H42N4O10S2/c1-39(2,3)53-37(47)43-25(35(45)49-7)19-21-9-11-27-23(17-21)41-33(51-27)31-15-13-29(55-31)30-14-16-32(56-30)34-42-24-18-22(10-12-28(24)52-34)20-26(36(46)50-8)44-38(48)54-40(4,5)6/h9-18,25-26H,19-20H2,1-8H3,(H,43,47)(H,44,48)/t25-,26-/m0/s1. The van der Waals surface area contributed by atoms with E-state index in [-0.39, 0.29) is 12.8 Å². The first-order chi connectivity index (χ1) is 26.5. The number of nitrogens with one attached hydrogen (secondary N) is 2. The Morgan fingerprint density at radius 3 is 1.34 bits per heavy atom. The number of benzene rings is 2. The van der Waals surface area contributed by atoms with Gasteiger partial charge in [0, 0.05) is 22.6 Å². The zero-order valence-electron chi connectivity index (χ0n) is 32.1. The fourth-order valence-corrected chi connectivity index (χ4v) is 7.58. The van der Waals surface area contributed by atoms with Gasteiger partial charge < -0.3 is 38.4 Å². The summed E-state index contributed by atoms with van der Waals surface area (Å²) >= 11 is 3.05. The molecule has 14 nitrogen and oxygen atoms in total. The third-order valence-electron chi connectivity index (χ3n) is 8.01. The number of rotatable bonds is 11. The number of hydrogen-bond acceptors (Lipinski definition) is 14. The molecule has 0 fully saturated rings. The summed E-state index contributed by atoms with van der Waals surface area (Å²) in [6, 6.07) is 16.8. The van der Waals surface area contributed by atoms with E-state index in [0.717, 1.165) is 30.6 Å². The summed E-state index contributed by atoms with van der Waals surface area (Å²) in [6.45, 7) is 10.4. The molecule has 6 rings (SSSR count). The summed E-state index contributed by atoms with van der Waals surface area (Å²) < 4.78 is 32.7. The first-order valence-corrected chi connectivity index (χ1v) is 19.2. The molecule has 2 atom stereocenters. The van der Waals surface area contributed by atoms with Crippen molar-refractivity contribution >= 4 is 69.0 Å². The van der Waals surface area contributed by atoms with Crippen molar-refractivity contribution in [1.82, 2.24) is 20.6 Å². The monoisotopic (exact) mass is 802 g/mol. The molecule has 0 spiro atoms. The molecule has 56 heavy (non-hydrogen) atoms. The van der Waals surface area contributed by atoms with E-state index in [1.807, 2.05) is 48.5 Å². The molecular formula is C40H42N4O10S2. The Hall–Kier alpha value is -5.74. The van der Waals surface area contributed by atoms with Crippen molar-refractivity contribution in [1.29, 1.82) is 0 Å². The van der Waals surface area contributed by atoms with Crippen LogP contribution in [0.4, 0.5) is 9.59 Å². The second-order valence-corrected chi connectivity index (χ2v) is 17.0. The number of carbonyl (C=O) groups excluding carboxylic acids is 4. The third kappa shape index (κ3) is 9.92. The van der Waals surface area contributed by atoms with E-state index < -0.39 is 47.4 Å². The number of alkyl carbamates (subject to hydrolysis) is 2. The van der Waals surface area contributed by atoms with Gasteiger partial charge in [0.05, 0.1) is 24.0 Å². The summed E-state index contributed by atoms with van der Waals surface area (Å²) in [5.74, 6) is -0.290. The molecule has 2 N–H and O–H groups in total. The lowest BCUT2D eigenvalue weighted by molar-refractivity contribution is -0.143. The van der Waals surface area contributed by atoms with Crippen LogP contribution in [0.5, 0.6) is 0 Å². The number of amides is 2. The van der Waals surface area contributed by atoms with E-state index in [2.05, 4.69) is 10.6 Å². The fraction of sp³-hybridized carbons (Fsp3) is 0.350. The Morgan fingerprint density at radius 2 is 0.982 bits per heavy atom. The summed E-state index contributed by atoms with van der Waals surface area (Å²) in [5.41, 5.74) is 2.40. The zero-order chi connectivity index (χ0) is 40.4. The summed E-state index contributed by atoms with van der Waals surface area (Å²) in [6.07, 6.45) is -1.10. The molecule has 294 valence electrons. The number of esters is 2. The van der Waals surface area contributed by atoms with Gasteiger partial charge in [0.25, 0.3) is 0 Å². The van der Waals surface area contributed by atoms with Crippen LogP contribution in [0.15, 0.2) is 69.5 Å². The van der Waals surface area contributed by atoms with Crippen molar-refractivity contribution in [3.8, 4) is 31.3 Å². The van der Waals surface area contributed by atoms with E-state index in [1.165, 1.54) is 36.9 Å². The van der Waals surface area contributed by atoms with Crippen LogP contribution in [-0.2, 0) is 41.4 Å². The molecule has 0 bridgehead atoms. The zero-order valence-corrected chi connectivity index (χ0v) is 33.8. The van der Waals surface area contributed by atoms with E-state index in [4.69, 9.17) is 37.7 Å². The first-order valence-electron chi connectivity index (χ1n) is 17.6. The van der Waals surface area contributed by atoms with Crippen LogP contribution in [0.2, 0.25) is 0 Å². The number of ether oxygens (including phenoxy) is 4. The molecule has 0 aliphatic heterocycles. The molecule has 2 amide bonds. The number of nitrogens with zero attached hydrogens (tertiary/aromatic N) is 2. The molecule has 0 radical (unpaired) electrons. The topological polar surface area (TPSA) is 181 Å². The molecule has 6 aromatic rings. The van der Waals surface area contributed by atoms with E-state index in [1.54, 1.807) is 53.7 Å². The highest BCUT2D eigenvalue weighted by molar-refractivity contribution is 7.25. The molecule has 4 aromatic heterocycles. The van der Waals surface area contributed by atoms with Gasteiger partial charge in [-0.05, 0) is 101 Å². The number of oxazole rings is 2. The van der Waals surface area contributed by atoms with Gasteiger partial charge in [-0.25, -0.2) is 29.1 Å². The molecule has 0 saturated carbocycles. The van der Waals surface area contributed by atoms with Crippen molar-refractivity contribution in [3.05, 3.63) is 71.8 Å². The molecule has 4 heterocycles. The molecule has 2 aromatic carbocycles. The predicted octanol–water partition coefficient (Wildman–Crippen LogP) is 8.31. The van der Waals surface area contributed by atoms with Crippen LogP contribution in [0.3, 0.4) is 0 Å². The predicted molar refractivity (Wildman–Crippen MR) is 211 cm³/mol. The normalized spacial score (nSPS) is 12.9. The minimum atomic E-state index is -0.956. The average molecular weight is 803 g/mol. The smallest absolute Gasteiger partial charge is 0.408 e. The highest BCUT2D eigenvalue weighted by atomic mass is 32.1. The van der Waals surface area contributed by atoms with Crippen LogP contribution in [-0.4, -0.2) is 71.6 Å². The number of carbonyl (C=O) groups is 4. The lowest BCUT2D eigenvalue weighted by Gasteiger charge is -2.22. The van der Waals surface area contributed by atoms with Crippen LogP contribution in [0, 0.1) is 0 Å². The van der Waals surface area contributed by atoms with Gasteiger partial charge in [0.2, 0.25) is 11.8 Å². The van der Waals surface area contributed by atoms with Crippen molar-refractivity contribution in [2.45, 2.75) is 77.7 Å². The molecule has 0 aliphatic carbocycles. The minimum Gasteiger partial charge on any atom is -0.467 e. The maximum Gasteiger partial charge on any atom is 0.408 e. The second-order valence-electron chi connectivity index (χ2n) is 14.8. The van der Waals surface area contributed by atoms with Gasteiger partial charge in [-0.2, -0.15) is 0 Å². The van der Waals surface area contributed by atoms with Crippen molar-refractivity contribution in [3.63, 3.8) is 0 Å². The minimum absolute atomic E-state index is 0.165. The van der Waals surface area contributed by atoms with E-state index in [0.29, 0.717) is 34.0 Å². The Labute approximate surface area is 330 Å². The van der Waals surface area contributed by atoms with E-state index in [9.17, 15) is 19.2 Å². The Kier molecular flexibility index (Phi) is 11.5. The molecule has 0 aliphatic rings. The highest BCUT2D eigenvalue weighted by Crippen LogP contribution is 2.41. The lowest BCUT2D eigenvalue weighted by Crippen LogP contribution is -2.45.